The van der Waals surface area contributed by atoms with Crippen molar-refractivity contribution < 1.29 is 4.42 Å². The summed E-state index contributed by atoms with van der Waals surface area (Å²) in [4.78, 5) is 2.47. The molecule has 0 saturated carbocycles. The quantitative estimate of drug-likeness (QED) is 0.179. The predicted octanol–water partition coefficient (Wildman–Crippen LogP) is 13.7. The molecule has 0 saturated heterocycles. The molecular weight excluding hydrogens is 655 g/mol. The van der Waals surface area contributed by atoms with Gasteiger partial charge in [-0.1, -0.05) is 172 Å². The molecule has 0 unspecified atom stereocenters. The Morgan fingerprint density at radius 3 is 1.74 bits per heavy atom. The molecule has 0 aliphatic heterocycles. The van der Waals surface area contributed by atoms with Crippen LogP contribution in [0.5, 0.6) is 0 Å². The first-order valence-corrected chi connectivity index (χ1v) is 18.9. The number of hydrogen-bond acceptors (Lipinski definition) is 2. The molecule has 0 amide bonds. The van der Waals surface area contributed by atoms with Crippen LogP contribution in [0.25, 0.3) is 44.2 Å². The van der Waals surface area contributed by atoms with E-state index in [2.05, 4.69) is 207 Å². The lowest BCUT2D eigenvalue weighted by molar-refractivity contribution is 0.659. The van der Waals surface area contributed by atoms with Crippen LogP contribution in [-0.4, -0.2) is 0 Å². The summed E-state index contributed by atoms with van der Waals surface area (Å²) in [6, 6.07) is 68.9. The zero-order chi connectivity index (χ0) is 36.0. The normalized spacial score (nSPS) is 14.4. The Morgan fingerprint density at radius 2 is 0.981 bits per heavy atom. The lowest BCUT2D eigenvalue weighted by atomic mass is 9.67. The zero-order valence-electron chi connectivity index (χ0n) is 30.3. The number of para-hydroxylation sites is 2. The maximum Gasteiger partial charge on any atom is 0.159 e. The van der Waals surface area contributed by atoms with Gasteiger partial charge in [0.2, 0.25) is 0 Å². The molecule has 0 N–H and O–H groups in total. The lowest BCUT2D eigenvalue weighted by Crippen LogP contribution is -2.28. The second-order valence-electron chi connectivity index (χ2n) is 15.2. The molecule has 1 aromatic heterocycles. The molecule has 0 spiro atoms. The molecule has 1 heterocycles. The number of benzene rings is 8. The average Bonchev–Trinajstić information content (AvgIpc) is 3.83. The molecule has 2 heteroatoms. The lowest BCUT2D eigenvalue weighted by Gasteiger charge is -2.35. The molecule has 0 fully saturated rings. The summed E-state index contributed by atoms with van der Waals surface area (Å²) in [5.74, 6) is 0. The van der Waals surface area contributed by atoms with Gasteiger partial charge in [0.15, 0.2) is 5.58 Å². The van der Waals surface area contributed by atoms with Crippen molar-refractivity contribution in [1.82, 2.24) is 0 Å². The Kier molecular flexibility index (Phi) is 6.55. The third-order valence-corrected chi connectivity index (χ3v) is 12.1. The SMILES string of the molecule is CC1(C)c2ccccc2-c2cccc(N(c3ccc4c(c3)C(c3ccccc3)(c3ccccc3)c3ccccc3-4)c3cccc4c3oc3ccccc34)c21. The fourth-order valence-electron chi connectivity index (χ4n) is 9.89. The van der Waals surface area contributed by atoms with Gasteiger partial charge in [-0.15, -0.1) is 0 Å². The maximum atomic E-state index is 6.82. The standard InChI is InChI=1S/C52H37NO/c1-51(2)43-26-12-9-22-38(43)41-24-15-28-46(49(41)51)53(47-29-16-25-42-40-23-11-14-30-48(40)54-50(42)47)36-31-32-39-37-21-10-13-27-44(37)52(45(39)33-36,34-17-5-3-6-18-34)35-19-7-4-8-20-35/h3-33H,1-2H3. The van der Waals surface area contributed by atoms with Gasteiger partial charge in [0.05, 0.1) is 16.8 Å². The Labute approximate surface area is 315 Å². The van der Waals surface area contributed by atoms with Crippen LogP contribution in [0.3, 0.4) is 0 Å². The monoisotopic (exact) mass is 691 g/mol. The van der Waals surface area contributed by atoms with Crippen LogP contribution < -0.4 is 4.90 Å². The van der Waals surface area contributed by atoms with Gasteiger partial charge in [0.25, 0.3) is 0 Å². The summed E-state index contributed by atoms with van der Waals surface area (Å²) in [5, 5.41) is 2.23. The molecule has 54 heavy (non-hydrogen) atoms. The van der Waals surface area contributed by atoms with E-state index in [0.717, 1.165) is 39.0 Å². The van der Waals surface area contributed by atoms with Crippen molar-refractivity contribution in [2.75, 3.05) is 4.90 Å². The van der Waals surface area contributed by atoms with Gasteiger partial charge < -0.3 is 9.32 Å². The van der Waals surface area contributed by atoms with Crippen molar-refractivity contribution in [1.29, 1.82) is 0 Å². The Morgan fingerprint density at radius 1 is 0.426 bits per heavy atom. The van der Waals surface area contributed by atoms with E-state index in [0.29, 0.717) is 0 Å². The highest BCUT2D eigenvalue weighted by Crippen LogP contribution is 2.59. The van der Waals surface area contributed by atoms with E-state index in [1.807, 2.05) is 0 Å². The van der Waals surface area contributed by atoms with Crippen LogP contribution in [-0.2, 0) is 10.8 Å². The number of fused-ring (bicyclic) bond motifs is 9. The summed E-state index contributed by atoms with van der Waals surface area (Å²) in [5.41, 5.74) is 17.2. The number of nitrogens with zero attached hydrogens (tertiary/aromatic N) is 1. The minimum Gasteiger partial charge on any atom is -0.454 e. The van der Waals surface area contributed by atoms with Gasteiger partial charge in [-0.3, -0.25) is 0 Å². The second-order valence-corrected chi connectivity index (χ2v) is 15.2. The van der Waals surface area contributed by atoms with E-state index in [9.17, 15) is 0 Å². The van der Waals surface area contributed by atoms with E-state index < -0.39 is 5.41 Å². The van der Waals surface area contributed by atoms with E-state index in [4.69, 9.17) is 4.42 Å². The van der Waals surface area contributed by atoms with Crippen LogP contribution in [0.15, 0.2) is 192 Å². The van der Waals surface area contributed by atoms with Crippen molar-refractivity contribution in [2.45, 2.75) is 24.7 Å². The molecule has 0 bridgehead atoms. The van der Waals surface area contributed by atoms with Crippen LogP contribution >= 0.6 is 0 Å². The Bertz CT molecular complexity index is 2880. The summed E-state index contributed by atoms with van der Waals surface area (Å²) in [6.45, 7) is 4.74. The fourth-order valence-corrected chi connectivity index (χ4v) is 9.89. The van der Waals surface area contributed by atoms with Gasteiger partial charge in [-0.05, 0) is 86.0 Å². The Hall–Kier alpha value is -6.64. The molecule has 0 atom stereocenters. The molecule has 256 valence electrons. The third-order valence-electron chi connectivity index (χ3n) is 12.1. The van der Waals surface area contributed by atoms with Gasteiger partial charge in [0.1, 0.15) is 5.58 Å². The van der Waals surface area contributed by atoms with Crippen molar-refractivity contribution in [3.8, 4) is 22.3 Å². The van der Waals surface area contributed by atoms with Gasteiger partial charge in [-0.2, -0.15) is 0 Å². The molecule has 2 aliphatic rings. The van der Waals surface area contributed by atoms with E-state index in [1.54, 1.807) is 0 Å². The minimum atomic E-state index is -0.518. The Balaban J connectivity index is 1.25. The van der Waals surface area contributed by atoms with E-state index >= 15 is 0 Å². The molecule has 0 radical (unpaired) electrons. The van der Waals surface area contributed by atoms with Crippen molar-refractivity contribution in [2.24, 2.45) is 0 Å². The topological polar surface area (TPSA) is 16.4 Å². The highest BCUT2D eigenvalue weighted by Gasteiger charge is 2.47. The van der Waals surface area contributed by atoms with E-state index in [1.165, 1.54) is 55.6 Å². The van der Waals surface area contributed by atoms with Crippen LogP contribution in [0.4, 0.5) is 17.1 Å². The third kappa shape index (κ3) is 4.11. The van der Waals surface area contributed by atoms with Gasteiger partial charge in [-0.25, -0.2) is 0 Å². The van der Waals surface area contributed by atoms with Gasteiger partial charge in [0, 0.05) is 21.9 Å². The maximum absolute atomic E-state index is 6.82. The fraction of sp³-hybridized carbons (Fsp3) is 0.0769. The largest absolute Gasteiger partial charge is 0.454 e. The number of anilines is 3. The first-order chi connectivity index (χ1) is 26.6. The van der Waals surface area contributed by atoms with Crippen LogP contribution in [0, 0.1) is 0 Å². The number of rotatable bonds is 5. The predicted molar refractivity (Wildman–Crippen MR) is 223 cm³/mol. The highest BCUT2D eigenvalue weighted by molar-refractivity contribution is 6.10. The van der Waals surface area contributed by atoms with Crippen molar-refractivity contribution in [3.05, 3.63) is 221 Å². The summed E-state index contributed by atoms with van der Waals surface area (Å²) < 4.78 is 6.82. The smallest absolute Gasteiger partial charge is 0.159 e. The van der Waals surface area contributed by atoms with Crippen molar-refractivity contribution >= 4 is 39.0 Å². The molecular formula is C52H37NO. The minimum absolute atomic E-state index is 0.229. The summed E-state index contributed by atoms with van der Waals surface area (Å²) in [7, 11) is 0. The molecule has 2 aliphatic carbocycles. The van der Waals surface area contributed by atoms with Crippen LogP contribution in [0.1, 0.15) is 47.2 Å². The first-order valence-electron chi connectivity index (χ1n) is 18.9. The second kappa shape index (κ2) is 11.4. The number of hydrogen-bond donors (Lipinski definition) is 0. The summed E-state index contributed by atoms with van der Waals surface area (Å²) in [6.07, 6.45) is 0. The number of furan rings is 1. The molecule has 11 rings (SSSR count). The van der Waals surface area contributed by atoms with Gasteiger partial charge >= 0.3 is 0 Å². The first kappa shape index (κ1) is 30.9. The molecule has 9 aromatic rings. The molecule has 8 aromatic carbocycles. The highest BCUT2D eigenvalue weighted by atomic mass is 16.3. The van der Waals surface area contributed by atoms with Crippen LogP contribution in [0.2, 0.25) is 0 Å². The zero-order valence-corrected chi connectivity index (χ0v) is 30.3. The average molecular weight is 692 g/mol. The van der Waals surface area contributed by atoms with Crippen molar-refractivity contribution in [3.63, 3.8) is 0 Å². The molecule has 2 nitrogen and oxygen atoms in total. The van der Waals surface area contributed by atoms with E-state index in [-0.39, 0.29) is 5.41 Å². The summed E-state index contributed by atoms with van der Waals surface area (Å²) >= 11 is 0.